The van der Waals surface area contributed by atoms with E-state index in [9.17, 15) is 12.8 Å². The normalized spacial score (nSPS) is 23.4. The molecule has 5 nitrogen and oxygen atoms in total. The Hall–Kier alpha value is -1.80. The minimum atomic E-state index is -4.02. The zero-order chi connectivity index (χ0) is 20.2. The average molecular weight is 395 g/mol. The van der Waals surface area contributed by atoms with Crippen LogP contribution in [0.4, 0.5) is 4.39 Å². The molecule has 1 heterocycles. The summed E-state index contributed by atoms with van der Waals surface area (Å²) >= 11 is 0. The standard InChI is InChI=1S/C13H18FNO.C7H8O3S/c1-9-8-16-13(10(2)15(9)3)11-6-4-5-7-12(11)14;1-6-2-4-7(5-3-6)11(8,9)10/h4-7,9-10,13H,8H2,1-3H3;2-5H,1H3,(H,8,9,10). The second kappa shape index (κ2) is 8.93. The third-order valence-corrected chi connectivity index (χ3v) is 5.69. The van der Waals surface area contributed by atoms with Crippen LogP contribution in [0.2, 0.25) is 0 Å². The van der Waals surface area contributed by atoms with Crippen molar-refractivity contribution in [1.82, 2.24) is 4.90 Å². The van der Waals surface area contributed by atoms with Crippen molar-refractivity contribution >= 4 is 10.1 Å². The minimum absolute atomic E-state index is 0.0666. The molecule has 0 amide bonds. The first-order valence-electron chi connectivity index (χ1n) is 8.73. The summed E-state index contributed by atoms with van der Waals surface area (Å²) in [6.45, 7) is 6.69. The lowest BCUT2D eigenvalue weighted by Crippen LogP contribution is -2.48. The number of aryl methyl sites for hydroxylation is 1. The summed E-state index contributed by atoms with van der Waals surface area (Å²) < 4.78 is 49.0. The Bertz CT molecular complexity index is 855. The van der Waals surface area contributed by atoms with Crippen LogP contribution >= 0.6 is 0 Å². The number of benzene rings is 2. The summed E-state index contributed by atoms with van der Waals surface area (Å²) in [4.78, 5) is 2.17. The summed E-state index contributed by atoms with van der Waals surface area (Å²) in [5.41, 5.74) is 1.62. The van der Waals surface area contributed by atoms with Crippen LogP contribution in [-0.2, 0) is 14.9 Å². The number of ether oxygens (including phenoxy) is 1. The number of likely N-dealkylation sites (N-methyl/N-ethyl adjacent to an activating group) is 1. The largest absolute Gasteiger partial charge is 0.370 e. The van der Waals surface area contributed by atoms with E-state index in [4.69, 9.17) is 9.29 Å². The SMILES string of the molecule is CC1COC(c2ccccc2F)C(C)N1C.Cc1ccc(S(=O)(=O)O)cc1. The van der Waals surface area contributed by atoms with Gasteiger partial charge in [-0.3, -0.25) is 9.45 Å². The van der Waals surface area contributed by atoms with Crippen LogP contribution in [0.15, 0.2) is 53.4 Å². The van der Waals surface area contributed by atoms with E-state index in [-0.39, 0.29) is 22.9 Å². The van der Waals surface area contributed by atoms with Gasteiger partial charge in [0.2, 0.25) is 0 Å². The molecule has 2 aromatic rings. The van der Waals surface area contributed by atoms with Crippen molar-refractivity contribution in [2.75, 3.05) is 13.7 Å². The van der Waals surface area contributed by atoms with Crippen molar-refractivity contribution in [1.29, 1.82) is 0 Å². The fourth-order valence-corrected chi connectivity index (χ4v) is 3.36. The first-order chi connectivity index (χ1) is 12.6. The van der Waals surface area contributed by atoms with Gasteiger partial charge in [0.1, 0.15) is 11.9 Å². The van der Waals surface area contributed by atoms with Crippen LogP contribution in [0.25, 0.3) is 0 Å². The number of halogens is 1. The van der Waals surface area contributed by atoms with Gasteiger partial charge < -0.3 is 4.74 Å². The summed E-state index contributed by atoms with van der Waals surface area (Å²) in [5, 5.41) is 0. The topological polar surface area (TPSA) is 66.8 Å². The maximum Gasteiger partial charge on any atom is 0.294 e. The summed E-state index contributed by atoms with van der Waals surface area (Å²) in [6, 6.07) is 13.4. The maximum absolute atomic E-state index is 13.7. The van der Waals surface area contributed by atoms with E-state index in [1.165, 1.54) is 18.2 Å². The van der Waals surface area contributed by atoms with Gasteiger partial charge in [0.05, 0.1) is 11.5 Å². The Kier molecular flexibility index (Phi) is 7.11. The molecule has 3 atom stereocenters. The third kappa shape index (κ3) is 5.59. The van der Waals surface area contributed by atoms with Gasteiger partial charge in [-0.1, -0.05) is 35.9 Å². The summed E-state index contributed by atoms with van der Waals surface area (Å²) in [6.07, 6.45) is -0.164. The molecule has 0 aromatic heterocycles. The molecule has 1 saturated heterocycles. The van der Waals surface area contributed by atoms with E-state index >= 15 is 0 Å². The van der Waals surface area contributed by atoms with E-state index < -0.39 is 10.1 Å². The van der Waals surface area contributed by atoms with Crippen molar-refractivity contribution in [3.8, 4) is 0 Å². The molecule has 0 spiro atoms. The van der Waals surface area contributed by atoms with Crippen LogP contribution in [0.5, 0.6) is 0 Å². The average Bonchev–Trinajstić information content (AvgIpc) is 2.61. The Morgan fingerprint density at radius 3 is 2.26 bits per heavy atom. The molecule has 7 heteroatoms. The van der Waals surface area contributed by atoms with Gasteiger partial charge in [-0.15, -0.1) is 0 Å². The molecule has 3 rings (SSSR count). The van der Waals surface area contributed by atoms with Crippen molar-refractivity contribution in [3.63, 3.8) is 0 Å². The van der Waals surface area contributed by atoms with Crippen molar-refractivity contribution < 1.29 is 22.1 Å². The predicted molar refractivity (Wildman–Crippen MR) is 103 cm³/mol. The molecule has 148 valence electrons. The third-order valence-electron chi connectivity index (χ3n) is 4.82. The summed E-state index contributed by atoms with van der Waals surface area (Å²) in [7, 11) is -1.96. The van der Waals surface area contributed by atoms with Crippen LogP contribution in [-0.4, -0.2) is 43.6 Å². The van der Waals surface area contributed by atoms with Crippen LogP contribution in [0, 0.1) is 12.7 Å². The number of hydrogen-bond donors (Lipinski definition) is 1. The lowest BCUT2D eigenvalue weighted by Gasteiger charge is -2.41. The molecule has 0 bridgehead atoms. The number of rotatable bonds is 2. The van der Waals surface area contributed by atoms with E-state index in [0.717, 1.165) is 5.56 Å². The second-order valence-corrected chi connectivity index (χ2v) is 8.24. The van der Waals surface area contributed by atoms with Crippen LogP contribution in [0.3, 0.4) is 0 Å². The van der Waals surface area contributed by atoms with Crippen molar-refractivity contribution in [3.05, 3.63) is 65.5 Å². The smallest absolute Gasteiger partial charge is 0.294 e. The highest BCUT2D eigenvalue weighted by atomic mass is 32.2. The molecular formula is C20H26FNO4S. The van der Waals surface area contributed by atoms with E-state index in [0.29, 0.717) is 18.2 Å². The molecule has 1 fully saturated rings. The summed E-state index contributed by atoms with van der Waals surface area (Å²) in [5.74, 6) is -0.178. The Morgan fingerprint density at radius 1 is 1.11 bits per heavy atom. The molecule has 0 radical (unpaired) electrons. The molecule has 0 aliphatic carbocycles. The van der Waals surface area contributed by atoms with E-state index in [1.54, 1.807) is 24.3 Å². The molecular weight excluding hydrogens is 369 g/mol. The highest BCUT2D eigenvalue weighted by molar-refractivity contribution is 7.85. The van der Waals surface area contributed by atoms with Crippen molar-refractivity contribution in [2.45, 2.75) is 43.9 Å². The fourth-order valence-electron chi connectivity index (χ4n) is 2.88. The van der Waals surface area contributed by atoms with Gasteiger partial charge in [0.15, 0.2) is 0 Å². The van der Waals surface area contributed by atoms with Gasteiger partial charge in [-0.2, -0.15) is 8.42 Å². The molecule has 27 heavy (non-hydrogen) atoms. The molecule has 1 aliphatic heterocycles. The number of hydrogen-bond acceptors (Lipinski definition) is 4. The molecule has 1 aliphatic rings. The Labute approximate surface area is 160 Å². The van der Waals surface area contributed by atoms with E-state index in [2.05, 4.69) is 25.8 Å². The first kappa shape index (κ1) is 21.5. The lowest BCUT2D eigenvalue weighted by molar-refractivity contribution is -0.0865. The molecule has 0 saturated carbocycles. The van der Waals surface area contributed by atoms with E-state index in [1.807, 2.05) is 13.0 Å². The Balaban J connectivity index is 0.000000208. The Morgan fingerprint density at radius 2 is 1.70 bits per heavy atom. The van der Waals surface area contributed by atoms with Gasteiger partial charge in [-0.25, -0.2) is 4.39 Å². The van der Waals surface area contributed by atoms with Crippen LogP contribution < -0.4 is 0 Å². The highest BCUT2D eigenvalue weighted by Gasteiger charge is 2.32. The zero-order valence-corrected chi connectivity index (χ0v) is 16.8. The first-order valence-corrected chi connectivity index (χ1v) is 10.2. The quantitative estimate of drug-likeness (QED) is 0.783. The molecule has 3 unspecified atom stereocenters. The van der Waals surface area contributed by atoms with Gasteiger partial charge >= 0.3 is 0 Å². The maximum atomic E-state index is 13.7. The number of morpholine rings is 1. The number of nitrogens with zero attached hydrogens (tertiary/aromatic N) is 1. The van der Waals surface area contributed by atoms with Gasteiger partial charge in [0, 0.05) is 17.6 Å². The van der Waals surface area contributed by atoms with Crippen LogP contribution in [0.1, 0.15) is 31.1 Å². The zero-order valence-electron chi connectivity index (χ0n) is 16.0. The fraction of sp³-hybridized carbons (Fsp3) is 0.400. The molecule has 2 aromatic carbocycles. The highest BCUT2D eigenvalue weighted by Crippen LogP contribution is 2.31. The molecule has 1 N–H and O–H groups in total. The minimum Gasteiger partial charge on any atom is -0.370 e. The monoisotopic (exact) mass is 395 g/mol. The van der Waals surface area contributed by atoms with Gasteiger partial charge in [0.25, 0.3) is 10.1 Å². The van der Waals surface area contributed by atoms with Crippen molar-refractivity contribution in [2.24, 2.45) is 0 Å². The second-order valence-electron chi connectivity index (χ2n) is 6.82. The predicted octanol–water partition coefficient (Wildman–Crippen LogP) is 3.85. The van der Waals surface area contributed by atoms with Gasteiger partial charge in [-0.05, 0) is 46.0 Å². The lowest BCUT2D eigenvalue weighted by atomic mass is 9.99.